The molecule has 0 unspecified atom stereocenters. The Balaban J connectivity index is 0.000000190. The molecule has 6 aromatic carbocycles. The molecule has 6 aromatic rings. The van der Waals surface area contributed by atoms with Crippen molar-refractivity contribution in [2.75, 3.05) is 24.6 Å². The van der Waals surface area contributed by atoms with Crippen LogP contribution in [0.25, 0.3) is 21.5 Å². The van der Waals surface area contributed by atoms with Crippen LogP contribution in [-0.4, -0.2) is 24.6 Å². The molecular formula is C44H54HfP2-2. The maximum absolute atomic E-state index is 2.41. The van der Waals surface area contributed by atoms with Crippen LogP contribution in [-0.2, 0) is 38.7 Å². The summed E-state index contributed by atoms with van der Waals surface area (Å²) in [6, 6.07) is 48.3. The minimum atomic E-state index is 0. The van der Waals surface area contributed by atoms with Crippen molar-refractivity contribution in [3.05, 3.63) is 145 Å². The fourth-order valence-electron chi connectivity index (χ4n) is 6.03. The van der Waals surface area contributed by atoms with Crippen molar-refractivity contribution in [1.82, 2.24) is 0 Å². The van der Waals surface area contributed by atoms with E-state index in [-0.39, 0.29) is 41.7 Å². The summed E-state index contributed by atoms with van der Waals surface area (Å²) in [6.45, 7) is 9.20. The zero-order valence-corrected chi connectivity index (χ0v) is 34.5. The molecule has 0 bridgehead atoms. The second kappa shape index (κ2) is 22.5. The molecule has 0 heterocycles. The van der Waals surface area contributed by atoms with Crippen molar-refractivity contribution in [1.29, 1.82) is 0 Å². The van der Waals surface area contributed by atoms with Crippen LogP contribution >= 0.6 is 15.8 Å². The van der Waals surface area contributed by atoms with Crippen molar-refractivity contribution in [3.63, 3.8) is 0 Å². The Morgan fingerprint density at radius 3 is 1.06 bits per heavy atom. The van der Waals surface area contributed by atoms with E-state index in [0.717, 1.165) is 12.8 Å². The summed E-state index contributed by atoms with van der Waals surface area (Å²) in [5.41, 5.74) is 2.83. The molecule has 47 heavy (non-hydrogen) atoms. The Bertz CT molecular complexity index is 1450. The molecule has 0 saturated carbocycles. The second-order valence-electron chi connectivity index (χ2n) is 12.1. The van der Waals surface area contributed by atoms with E-state index in [1.165, 1.54) is 83.0 Å². The summed E-state index contributed by atoms with van der Waals surface area (Å²) < 4.78 is 0. The first kappa shape index (κ1) is 39.3. The number of benzene rings is 4. The zero-order chi connectivity index (χ0) is 32.4. The van der Waals surface area contributed by atoms with Crippen LogP contribution in [0.2, 0.25) is 0 Å². The van der Waals surface area contributed by atoms with Gasteiger partial charge in [-0.15, -0.1) is 80.7 Å². The molecule has 0 N–H and O–H groups in total. The largest absolute Gasteiger partial charge is 0.161 e. The minimum absolute atomic E-state index is 0. The molecule has 0 atom stereocenters. The average molecular weight is 823 g/mol. The van der Waals surface area contributed by atoms with Crippen molar-refractivity contribution in [2.45, 2.75) is 66.2 Å². The van der Waals surface area contributed by atoms with Gasteiger partial charge in [-0.05, 0) is 48.6 Å². The van der Waals surface area contributed by atoms with E-state index in [1.54, 1.807) is 10.6 Å². The average Bonchev–Trinajstić information content (AvgIpc) is 3.74. The summed E-state index contributed by atoms with van der Waals surface area (Å²) >= 11 is 0. The molecule has 0 aliphatic rings. The standard InChI is InChI=1S/2C15H20P.C14H14.Hf/c2*1-3-9-16(10-4-2)15-11-13-7-5-6-8-14(13)12-15;1-3-7-13(8-4-1)11-12-14-9-5-2-6-10-14;/h2*5-8,11-12H,3-4,9-10H2,1-2H3;1-10H,11-12H2;/q2*-1;;. The molecule has 246 valence electrons. The van der Waals surface area contributed by atoms with E-state index in [9.17, 15) is 0 Å². The molecule has 0 aliphatic heterocycles. The van der Waals surface area contributed by atoms with Crippen molar-refractivity contribution in [2.24, 2.45) is 0 Å². The first-order chi connectivity index (χ1) is 22.6. The minimum Gasteiger partial charge on any atom is -0.161 e. The number of hydrogen-bond donors (Lipinski definition) is 0. The van der Waals surface area contributed by atoms with Gasteiger partial charge in [-0.3, -0.25) is 0 Å². The molecule has 0 saturated heterocycles. The van der Waals surface area contributed by atoms with Crippen molar-refractivity contribution in [3.8, 4) is 0 Å². The Labute approximate surface area is 307 Å². The Hall–Kier alpha value is -2.17. The summed E-state index contributed by atoms with van der Waals surface area (Å²) in [5.74, 6) is 0. The Morgan fingerprint density at radius 1 is 0.426 bits per heavy atom. The van der Waals surface area contributed by atoms with Gasteiger partial charge < -0.3 is 0 Å². The van der Waals surface area contributed by atoms with E-state index in [2.05, 4.69) is 161 Å². The molecule has 0 aromatic heterocycles. The SMILES string of the molecule is CCCP(CCC)c1cc2ccccc2[cH-]1.CCCP(CCC)c1cc2ccccc2[cH-]1.[Hf].c1ccc(CCc2ccccc2)cc1. The molecule has 0 nitrogen and oxygen atoms in total. The first-order valence-corrected chi connectivity index (χ1v) is 21.0. The maximum atomic E-state index is 2.41. The molecule has 0 spiro atoms. The third kappa shape index (κ3) is 13.0. The van der Waals surface area contributed by atoms with Crippen LogP contribution in [0.1, 0.15) is 64.5 Å². The van der Waals surface area contributed by atoms with Crippen LogP contribution in [0, 0.1) is 0 Å². The summed E-state index contributed by atoms with van der Waals surface area (Å²) in [4.78, 5) is 0. The molecular weight excluding hydrogens is 769 g/mol. The van der Waals surface area contributed by atoms with Gasteiger partial charge in [0.05, 0.1) is 0 Å². The van der Waals surface area contributed by atoms with Crippen LogP contribution in [0.15, 0.2) is 133 Å². The summed E-state index contributed by atoms with van der Waals surface area (Å²) in [6.07, 6.45) is 13.1. The predicted molar refractivity (Wildman–Crippen MR) is 213 cm³/mol. The Kier molecular flexibility index (Phi) is 18.8. The maximum Gasteiger partial charge on any atom is 0 e. The van der Waals surface area contributed by atoms with Crippen LogP contribution in [0.4, 0.5) is 0 Å². The normalized spacial score (nSPS) is 10.8. The quantitative estimate of drug-likeness (QED) is 0.0618. The molecule has 6 rings (SSSR count). The summed E-state index contributed by atoms with van der Waals surface area (Å²) in [7, 11) is 0.194. The molecule has 3 heteroatoms. The van der Waals surface area contributed by atoms with Gasteiger partial charge >= 0.3 is 0 Å². The molecule has 0 radical (unpaired) electrons. The van der Waals surface area contributed by atoms with Gasteiger partial charge in [0.2, 0.25) is 0 Å². The van der Waals surface area contributed by atoms with E-state index >= 15 is 0 Å². The van der Waals surface area contributed by atoms with Gasteiger partial charge in [0.1, 0.15) is 0 Å². The third-order valence-corrected chi connectivity index (χ3v) is 14.2. The van der Waals surface area contributed by atoms with E-state index in [4.69, 9.17) is 0 Å². The van der Waals surface area contributed by atoms with Gasteiger partial charge in [0.25, 0.3) is 0 Å². The first-order valence-electron chi connectivity index (χ1n) is 17.5. The van der Waals surface area contributed by atoms with Gasteiger partial charge in [-0.1, -0.05) is 142 Å². The monoisotopic (exact) mass is 824 g/mol. The Morgan fingerprint density at radius 2 is 0.745 bits per heavy atom. The number of fused-ring (bicyclic) bond motifs is 2. The summed E-state index contributed by atoms with van der Waals surface area (Å²) in [5, 5.41) is 8.88. The fraction of sp³-hybridized carbons (Fsp3) is 0.318. The predicted octanol–water partition coefficient (Wildman–Crippen LogP) is 12.4. The van der Waals surface area contributed by atoms with Gasteiger partial charge in [-0.25, -0.2) is 0 Å². The van der Waals surface area contributed by atoms with Gasteiger partial charge in [0, 0.05) is 25.8 Å². The third-order valence-electron chi connectivity index (χ3n) is 8.30. The molecule has 0 fully saturated rings. The van der Waals surface area contributed by atoms with Crippen LogP contribution in [0.5, 0.6) is 0 Å². The number of hydrogen-bond acceptors (Lipinski definition) is 0. The van der Waals surface area contributed by atoms with E-state index in [0.29, 0.717) is 0 Å². The zero-order valence-electron chi connectivity index (χ0n) is 29.2. The molecule has 0 amide bonds. The van der Waals surface area contributed by atoms with E-state index in [1.807, 2.05) is 0 Å². The van der Waals surface area contributed by atoms with Crippen LogP contribution < -0.4 is 10.6 Å². The van der Waals surface area contributed by atoms with Crippen molar-refractivity contribution < 1.29 is 25.8 Å². The second-order valence-corrected chi connectivity index (χ2v) is 17.1. The van der Waals surface area contributed by atoms with E-state index < -0.39 is 0 Å². The smallest absolute Gasteiger partial charge is 0 e. The topological polar surface area (TPSA) is 0 Å². The number of aryl methyl sites for hydroxylation is 2. The van der Waals surface area contributed by atoms with Gasteiger partial charge in [0.15, 0.2) is 0 Å². The van der Waals surface area contributed by atoms with Crippen LogP contribution in [0.3, 0.4) is 0 Å². The van der Waals surface area contributed by atoms with Gasteiger partial charge in [-0.2, -0.15) is 12.1 Å². The molecule has 0 aliphatic carbocycles. The fourth-order valence-corrected chi connectivity index (χ4v) is 11.0. The van der Waals surface area contributed by atoms with Crippen molar-refractivity contribution >= 4 is 48.0 Å². The number of rotatable bonds is 13.